The number of aliphatic carboxylic acids is 1. The molecule has 0 aliphatic carbocycles. The number of fused-ring (bicyclic) bond motifs is 1. The van der Waals surface area contributed by atoms with Crippen LogP contribution in [0.2, 0.25) is 0 Å². The average molecular weight is 347 g/mol. The van der Waals surface area contributed by atoms with E-state index in [2.05, 4.69) is 4.98 Å². The van der Waals surface area contributed by atoms with E-state index in [0.717, 1.165) is 11.3 Å². The van der Waals surface area contributed by atoms with Crippen LogP contribution in [0, 0.1) is 0 Å². The van der Waals surface area contributed by atoms with E-state index in [1.165, 1.54) is 4.90 Å². The Hall–Kier alpha value is -3.41. The quantitative estimate of drug-likeness (QED) is 0.790. The summed E-state index contributed by atoms with van der Waals surface area (Å²) in [5, 5.41) is 9.72. The van der Waals surface area contributed by atoms with Gasteiger partial charge in [-0.25, -0.2) is 9.78 Å². The normalized spacial score (nSPS) is 16.2. The van der Waals surface area contributed by atoms with E-state index in [-0.39, 0.29) is 5.91 Å². The van der Waals surface area contributed by atoms with E-state index in [9.17, 15) is 14.7 Å². The van der Waals surface area contributed by atoms with Gasteiger partial charge in [-0.15, -0.1) is 0 Å². The van der Waals surface area contributed by atoms with Crippen LogP contribution in [0.1, 0.15) is 27.5 Å². The molecule has 0 spiro atoms. The smallest absolute Gasteiger partial charge is 0.331 e. The number of aromatic nitrogens is 2. The molecular formula is C20H17N3O3. The van der Waals surface area contributed by atoms with Crippen LogP contribution in [0.15, 0.2) is 67.3 Å². The van der Waals surface area contributed by atoms with Crippen LogP contribution in [0.3, 0.4) is 0 Å². The molecule has 2 aromatic carbocycles. The Balaban J connectivity index is 1.64. The van der Waals surface area contributed by atoms with Crippen LogP contribution < -0.4 is 0 Å². The highest BCUT2D eigenvalue weighted by Gasteiger charge is 2.36. The van der Waals surface area contributed by atoms with Crippen LogP contribution in [-0.4, -0.2) is 38.0 Å². The second kappa shape index (κ2) is 6.48. The van der Waals surface area contributed by atoms with E-state index in [0.29, 0.717) is 24.1 Å². The molecule has 0 fully saturated rings. The number of imidazole rings is 1. The number of amides is 1. The molecule has 1 amide bonds. The molecule has 4 rings (SSSR count). The summed E-state index contributed by atoms with van der Waals surface area (Å²) in [7, 11) is 0. The molecule has 3 aromatic rings. The fourth-order valence-corrected chi connectivity index (χ4v) is 3.41. The number of rotatable bonds is 3. The van der Waals surface area contributed by atoms with Crippen molar-refractivity contribution in [1.82, 2.24) is 14.5 Å². The predicted molar refractivity (Wildman–Crippen MR) is 95.1 cm³/mol. The molecular weight excluding hydrogens is 330 g/mol. The molecule has 1 aliphatic heterocycles. The van der Waals surface area contributed by atoms with Gasteiger partial charge in [0.25, 0.3) is 5.91 Å². The molecule has 1 atom stereocenters. The molecule has 130 valence electrons. The van der Waals surface area contributed by atoms with Crippen LogP contribution >= 0.6 is 0 Å². The monoisotopic (exact) mass is 347 g/mol. The minimum atomic E-state index is -1.01. The Labute approximate surface area is 150 Å². The van der Waals surface area contributed by atoms with Crippen molar-refractivity contribution in [3.05, 3.63) is 83.9 Å². The molecule has 0 saturated heterocycles. The number of hydrogen-bond acceptors (Lipinski definition) is 3. The molecule has 1 unspecified atom stereocenters. The lowest BCUT2D eigenvalue weighted by molar-refractivity contribution is -0.143. The van der Waals surface area contributed by atoms with Crippen LogP contribution in [0.4, 0.5) is 0 Å². The Morgan fingerprint density at radius 3 is 2.54 bits per heavy atom. The first-order valence-electron chi connectivity index (χ1n) is 8.35. The second-order valence-electron chi connectivity index (χ2n) is 6.20. The van der Waals surface area contributed by atoms with Crippen molar-refractivity contribution < 1.29 is 14.7 Å². The standard InChI is InChI=1S/C20H17N3O3/c24-19(15-5-7-16(8-6-15)22-12-10-21-13-22)23-11-9-14-3-1-2-4-17(14)18(23)20(25)26/h1-8,10,12-13,18H,9,11H2,(H,25,26). The summed E-state index contributed by atoms with van der Waals surface area (Å²) in [4.78, 5) is 30.3. The number of carbonyl (C=O) groups is 2. The van der Waals surface area contributed by atoms with Crippen molar-refractivity contribution in [2.45, 2.75) is 12.5 Å². The molecule has 0 bridgehead atoms. The molecule has 6 heteroatoms. The van der Waals surface area contributed by atoms with E-state index >= 15 is 0 Å². The molecule has 26 heavy (non-hydrogen) atoms. The highest BCUT2D eigenvalue weighted by Crippen LogP contribution is 2.31. The number of hydrogen-bond donors (Lipinski definition) is 1. The summed E-state index contributed by atoms with van der Waals surface area (Å²) in [5.74, 6) is -1.29. The van der Waals surface area contributed by atoms with Gasteiger partial charge in [-0.1, -0.05) is 24.3 Å². The van der Waals surface area contributed by atoms with Crippen molar-refractivity contribution >= 4 is 11.9 Å². The fourth-order valence-electron chi connectivity index (χ4n) is 3.41. The Morgan fingerprint density at radius 1 is 1.08 bits per heavy atom. The van der Waals surface area contributed by atoms with Crippen LogP contribution in [0.25, 0.3) is 5.69 Å². The third-order valence-corrected chi connectivity index (χ3v) is 4.69. The third kappa shape index (κ3) is 2.75. The first-order chi connectivity index (χ1) is 12.6. The minimum Gasteiger partial charge on any atom is -0.479 e. The van der Waals surface area contributed by atoms with Gasteiger partial charge in [-0.05, 0) is 41.8 Å². The lowest BCUT2D eigenvalue weighted by atomic mass is 9.92. The summed E-state index contributed by atoms with van der Waals surface area (Å²) in [6, 6.07) is 13.5. The predicted octanol–water partition coefficient (Wildman–Crippen LogP) is 2.70. The molecule has 1 N–H and O–H groups in total. The fraction of sp³-hybridized carbons (Fsp3) is 0.150. The number of carbonyl (C=O) groups excluding carboxylic acids is 1. The minimum absolute atomic E-state index is 0.274. The van der Waals surface area contributed by atoms with Gasteiger partial charge in [0.15, 0.2) is 6.04 Å². The van der Waals surface area contributed by atoms with Gasteiger partial charge >= 0.3 is 5.97 Å². The summed E-state index contributed by atoms with van der Waals surface area (Å²) in [5.41, 5.74) is 3.03. The third-order valence-electron chi connectivity index (χ3n) is 4.69. The van der Waals surface area contributed by atoms with E-state index < -0.39 is 12.0 Å². The van der Waals surface area contributed by atoms with Crippen molar-refractivity contribution in [3.8, 4) is 5.69 Å². The van der Waals surface area contributed by atoms with Crippen molar-refractivity contribution in [2.75, 3.05) is 6.54 Å². The Kier molecular flexibility index (Phi) is 4.01. The zero-order valence-corrected chi connectivity index (χ0v) is 13.9. The Bertz CT molecular complexity index is 949. The summed E-state index contributed by atoms with van der Waals surface area (Å²) < 4.78 is 1.84. The maximum atomic E-state index is 13.0. The molecule has 0 saturated carbocycles. The lowest BCUT2D eigenvalue weighted by Gasteiger charge is -2.34. The van der Waals surface area contributed by atoms with Gasteiger partial charge in [-0.2, -0.15) is 0 Å². The van der Waals surface area contributed by atoms with E-state index in [1.807, 2.05) is 41.1 Å². The van der Waals surface area contributed by atoms with Gasteiger partial charge in [0.1, 0.15) is 0 Å². The molecule has 1 aromatic heterocycles. The highest BCUT2D eigenvalue weighted by molar-refractivity contribution is 5.97. The zero-order valence-electron chi connectivity index (χ0n) is 13.9. The van der Waals surface area contributed by atoms with Crippen LogP contribution in [0.5, 0.6) is 0 Å². The maximum Gasteiger partial charge on any atom is 0.331 e. The maximum absolute atomic E-state index is 13.0. The van der Waals surface area contributed by atoms with Gasteiger partial charge in [0.2, 0.25) is 0 Å². The van der Waals surface area contributed by atoms with Gasteiger partial charge < -0.3 is 14.6 Å². The second-order valence-corrected chi connectivity index (χ2v) is 6.20. The number of benzene rings is 2. The van der Waals surface area contributed by atoms with Gasteiger partial charge in [0, 0.05) is 30.2 Å². The van der Waals surface area contributed by atoms with Gasteiger partial charge in [0.05, 0.1) is 6.33 Å². The van der Waals surface area contributed by atoms with Gasteiger partial charge in [-0.3, -0.25) is 4.79 Å². The SMILES string of the molecule is O=C(O)C1c2ccccc2CCN1C(=O)c1ccc(-n2ccnc2)cc1. The topological polar surface area (TPSA) is 75.4 Å². The summed E-state index contributed by atoms with van der Waals surface area (Å²) >= 11 is 0. The molecule has 1 aliphatic rings. The average Bonchev–Trinajstić information content (AvgIpc) is 3.21. The Morgan fingerprint density at radius 2 is 1.85 bits per heavy atom. The molecule has 2 heterocycles. The van der Waals surface area contributed by atoms with E-state index in [1.54, 1.807) is 30.7 Å². The van der Waals surface area contributed by atoms with Crippen molar-refractivity contribution in [1.29, 1.82) is 0 Å². The first kappa shape index (κ1) is 16.1. The number of carboxylic acids is 1. The van der Waals surface area contributed by atoms with Crippen molar-refractivity contribution in [3.63, 3.8) is 0 Å². The number of carboxylic acid groups (broad SMARTS) is 1. The summed E-state index contributed by atoms with van der Waals surface area (Å²) in [6.07, 6.45) is 5.83. The largest absolute Gasteiger partial charge is 0.479 e. The van der Waals surface area contributed by atoms with Crippen LogP contribution in [-0.2, 0) is 11.2 Å². The molecule has 6 nitrogen and oxygen atoms in total. The first-order valence-corrected chi connectivity index (χ1v) is 8.35. The number of nitrogens with zero attached hydrogens (tertiary/aromatic N) is 3. The molecule has 0 radical (unpaired) electrons. The van der Waals surface area contributed by atoms with E-state index in [4.69, 9.17) is 0 Å². The van der Waals surface area contributed by atoms with Crippen molar-refractivity contribution in [2.24, 2.45) is 0 Å². The summed E-state index contributed by atoms with van der Waals surface area (Å²) in [6.45, 7) is 0.385. The highest BCUT2D eigenvalue weighted by atomic mass is 16.4. The zero-order chi connectivity index (χ0) is 18.1. The lowest BCUT2D eigenvalue weighted by Crippen LogP contribution is -2.43.